The van der Waals surface area contributed by atoms with Crippen molar-refractivity contribution in [2.75, 3.05) is 0 Å². The van der Waals surface area contributed by atoms with Crippen LogP contribution in [0.3, 0.4) is 0 Å². The summed E-state index contributed by atoms with van der Waals surface area (Å²) in [4.78, 5) is 5.41. The zero-order valence-electron chi connectivity index (χ0n) is 7.36. The number of hydrogen-bond acceptors (Lipinski definition) is 0. The second-order valence-electron chi connectivity index (χ2n) is 5.13. The van der Waals surface area contributed by atoms with Crippen molar-refractivity contribution in [1.82, 2.24) is 0 Å². The van der Waals surface area contributed by atoms with E-state index < -0.39 is 0 Å². The maximum atomic E-state index is 1.69. The SMILES string of the molecule is C1CCC23[Se]C2C2[Se]C2C2[Se]C23C1. The van der Waals surface area contributed by atoms with Crippen LogP contribution in [-0.2, 0) is 0 Å². The van der Waals surface area contributed by atoms with Crippen molar-refractivity contribution in [2.24, 2.45) is 0 Å². The molecule has 70 valence electrons. The summed E-state index contributed by atoms with van der Waals surface area (Å²) in [5, 5.41) is 0. The quantitative estimate of drug-likeness (QED) is 0.575. The molecule has 0 aromatic rings. The zero-order chi connectivity index (χ0) is 8.26. The first kappa shape index (κ1) is 7.77. The van der Waals surface area contributed by atoms with Crippen LogP contribution in [0.2, 0.25) is 27.9 Å². The summed E-state index contributed by atoms with van der Waals surface area (Å²) < 4.78 is 2.14. The predicted octanol–water partition coefficient (Wildman–Crippen LogP) is 2.20. The average Bonchev–Trinajstić information content (AvgIpc) is 2.90. The van der Waals surface area contributed by atoms with Crippen LogP contribution in [0.25, 0.3) is 0 Å². The first-order chi connectivity index (χ1) is 6.37. The van der Waals surface area contributed by atoms with Gasteiger partial charge < -0.3 is 0 Å². The summed E-state index contributed by atoms with van der Waals surface area (Å²) in [7, 11) is 0. The Morgan fingerprint density at radius 2 is 1.38 bits per heavy atom. The molecule has 6 unspecified atom stereocenters. The van der Waals surface area contributed by atoms with Gasteiger partial charge in [-0.2, -0.15) is 0 Å². The van der Waals surface area contributed by atoms with E-state index in [9.17, 15) is 0 Å². The summed E-state index contributed by atoms with van der Waals surface area (Å²) in [5.41, 5.74) is 0. The Balaban J connectivity index is 1.68. The molecular formula is C10H12Se3. The average molecular weight is 369 g/mol. The Kier molecular flexibility index (Phi) is 1.21. The van der Waals surface area contributed by atoms with Gasteiger partial charge in [-0.15, -0.1) is 0 Å². The van der Waals surface area contributed by atoms with Gasteiger partial charge in [0.05, 0.1) is 0 Å². The molecule has 3 heteroatoms. The van der Waals surface area contributed by atoms with E-state index in [1.54, 1.807) is 25.7 Å². The van der Waals surface area contributed by atoms with Crippen molar-refractivity contribution < 1.29 is 0 Å². The summed E-state index contributed by atoms with van der Waals surface area (Å²) in [6.45, 7) is 0. The van der Waals surface area contributed by atoms with Crippen LogP contribution in [-0.4, -0.2) is 44.9 Å². The van der Waals surface area contributed by atoms with Crippen molar-refractivity contribution in [3.63, 3.8) is 0 Å². The van der Waals surface area contributed by atoms with Gasteiger partial charge in [0.25, 0.3) is 0 Å². The molecule has 2 spiro atoms. The summed E-state index contributed by atoms with van der Waals surface area (Å²) in [6, 6.07) is 0. The van der Waals surface area contributed by atoms with Gasteiger partial charge in [-0.05, 0) is 0 Å². The van der Waals surface area contributed by atoms with Gasteiger partial charge >= 0.3 is 98.4 Å². The molecule has 3 aliphatic heterocycles. The third-order valence-electron chi connectivity index (χ3n) is 4.70. The molecule has 2 saturated carbocycles. The first-order valence-corrected chi connectivity index (χ1v) is 11.1. The van der Waals surface area contributed by atoms with Crippen molar-refractivity contribution >= 4 is 44.9 Å². The Hall–Kier alpha value is 1.56. The fourth-order valence-corrected chi connectivity index (χ4v) is 20.8. The fourth-order valence-electron chi connectivity index (χ4n) is 3.96. The minimum atomic E-state index is 1.07. The van der Waals surface area contributed by atoms with E-state index in [2.05, 4.69) is 0 Å². The second-order valence-corrected chi connectivity index (χ2v) is 14.2. The van der Waals surface area contributed by atoms with Crippen LogP contribution in [0.4, 0.5) is 0 Å². The molecule has 6 atom stereocenters. The van der Waals surface area contributed by atoms with E-state index in [0.717, 1.165) is 53.5 Å². The topological polar surface area (TPSA) is 0 Å². The summed E-state index contributed by atoms with van der Waals surface area (Å²) in [5.74, 6) is 0. The normalized spacial score (nSPS) is 75.7. The fraction of sp³-hybridized carbons (Fsp3) is 1.00. The standard InChI is InChI=1S/C10H12Se3/c1-2-4-10-8(13-10)6-5(11-6)7-9(10,3-1)12-7/h5-8H,1-4H2. The van der Waals surface area contributed by atoms with E-state index in [1.165, 1.54) is 19.3 Å². The Labute approximate surface area is 97.8 Å². The number of rotatable bonds is 0. The molecular weight excluding hydrogens is 357 g/mol. The van der Waals surface area contributed by atoms with Gasteiger partial charge in [0.15, 0.2) is 0 Å². The molecule has 0 N–H and O–H groups in total. The molecule has 5 rings (SSSR count). The van der Waals surface area contributed by atoms with Gasteiger partial charge in [0.2, 0.25) is 0 Å². The van der Waals surface area contributed by atoms with E-state index in [-0.39, 0.29) is 0 Å². The van der Waals surface area contributed by atoms with Gasteiger partial charge in [-0.1, -0.05) is 0 Å². The van der Waals surface area contributed by atoms with E-state index in [0.29, 0.717) is 0 Å². The van der Waals surface area contributed by atoms with Gasteiger partial charge in [0.1, 0.15) is 0 Å². The Morgan fingerprint density at radius 3 is 1.92 bits per heavy atom. The predicted molar refractivity (Wildman–Crippen MR) is 56.1 cm³/mol. The van der Waals surface area contributed by atoms with Crippen molar-refractivity contribution in [3.05, 3.63) is 0 Å². The Morgan fingerprint density at radius 1 is 0.846 bits per heavy atom. The van der Waals surface area contributed by atoms with Gasteiger partial charge in [-0.25, -0.2) is 0 Å². The Bertz CT molecular complexity index is 287. The van der Waals surface area contributed by atoms with E-state index >= 15 is 0 Å². The molecule has 13 heavy (non-hydrogen) atoms. The molecule has 5 fully saturated rings. The summed E-state index contributed by atoms with van der Waals surface area (Å²) in [6.07, 6.45) is 6.59. The molecule has 0 bridgehead atoms. The van der Waals surface area contributed by atoms with Crippen molar-refractivity contribution in [2.45, 2.75) is 53.6 Å². The van der Waals surface area contributed by atoms with E-state index in [4.69, 9.17) is 0 Å². The second kappa shape index (κ2) is 2.02. The van der Waals surface area contributed by atoms with Crippen LogP contribution < -0.4 is 0 Å². The van der Waals surface area contributed by atoms with Crippen LogP contribution in [0.1, 0.15) is 25.7 Å². The van der Waals surface area contributed by atoms with Crippen LogP contribution in [0, 0.1) is 0 Å². The molecule has 0 aromatic carbocycles. The van der Waals surface area contributed by atoms with Crippen LogP contribution in [0.15, 0.2) is 0 Å². The minimum absolute atomic E-state index is 1.07. The molecule has 3 heterocycles. The van der Waals surface area contributed by atoms with Gasteiger partial charge in [-0.3, -0.25) is 0 Å². The molecule has 3 saturated heterocycles. The molecule has 2 aliphatic carbocycles. The van der Waals surface area contributed by atoms with Crippen LogP contribution >= 0.6 is 0 Å². The van der Waals surface area contributed by atoms with Crippen molar-refractivity contribution in [3.8, 4) is 0 Å². The number of hydrogen-bond donors (Lipinski definition) is 0. The maximum absolute atomic E-state index is 1.69. The number of fused-ring (bicyclic) bond motifs is 3. The van der Waals surface area contributed by atoms with E-state index in [1.807, 2.05) is 0 Å². The molecule has 5 aliphatic rings. The molecule has 0 radical (unpaired) electrons. The van der Waals surface area contributed by atoms with Crippen LogP contribution in [0.5, 0.6) is 0 Å². The van der Waals surface area contributed by atoms with Crippen molar-refractivity contribution in [1.29, 1.82) is 0 Å². The third-order valence-corrected chi connectivity index (χ3v) is 18.3. The molecule has 0 amide bonds. The third kappa shape index (κ3) is 0.681. The zero-order valence-corrected chi connectivity index (χ0v) is 12.5. The molecule has 0 nitrogen and oxygen atoms in total. The monoisotopic (exact) mass is 372 g/mol. The van der Waals surface area contributed by atoms with Gasteiger partial charge in [0, 0.05) is 0 Å². The molecule has 0 aromatic heterocycles. The summed E-state index contributed by atoms with van der Waals surface area (Å²) >= 11 is 3.44. The first-order valence-electron chi connectivity index (χ1n) is 5.39.